The van der Waals surface area contributed by atoms with Crippen molar-refractivity contribution in [1.82, 2.24) is 0 Å². The minimum Gasteiger partial charge on any atom is -0.402 e. The summed E-state index contributed by atoms with van der Waals surface area (Å²) >= 11 is 0. The largest absolute Gasteiger partial charge is 0.631 e. The van der Waals surface area contributed by atoms with Gasteiger partial charge in [-0.2, -0.15) is 0 Å². The van der Waals surface area contributed by atoms with E-state index in [9.17, 15) is 0 Å². The Morgan fingerprint density at radius 2 is 1.00 bits per heavy atom. The topological polar surface area (TPSA) is 60.7 Å². The van der Waals surface area contributed by atoms with E-state index in [1.165, 1.54) is 0 Å². The Kier molecular flexibility index (Phi) is 51.5. The second kappa shape index (κ2) is 16.0. The zero-order valence-corrected chi connectivity index (χ0v) is 9.76. The van der Waals surface area contributed by atoms with E-state index in [-0.39, 0.29) is 94.7 Å². The monoisotopic (exact) mass is 371 g/mol. The zero-order valence-electron chi connectivity index (χ0n) is 3.00. The van der Waals surface area contributed by atoms with Gasteiger partial charge in [-0.15, -0.1) is 0 Å². The Hall–Kier alpha value is 3.05. The SMILES string of the molecule is OB(O)O.[AlH3].[Ce].[La]. The quantitative estimate of drug-likeness (QED) is 0.393. The van der Waals surface area contributed by atoms with E-state index in [4.69, 9.17) is 15.1 Å². The van der Waals surface area contributed by atoms with Crippen LogP contribution in [0, 0.1) is 77.3 Å². The zero-order chi connectivity index (χ0) is 3.58. The van der Waals surface area contributed by atoms with Crippen molar-refractivity contribution in [3.05, 3.63) is 0 Å². The first-order chi connectivity index (χ1) is 1.73. The fourth-order valence-electron chi connectivity index (χ4n) is 0. The van der Waals surface area contributed by atoms with Crippen molar-refractivity contribution in [2.75, 3.05) is 0 Å². The van der Waals surface area contributed by atoms with Crippen molar-refractivity contribution < 1.29 is 92.4 Å². The Morgan fingerprint density at radius 3 is 1.00 bits per heavy atom. The molecule has 0 rings (SSSR count). The molecule has 0 amide bonds. The summed E-state index contributed by atoms with van der Waals surface area (Å²) in [7, 11) is -2.17. The molecule has 0 aromatic heterocycles. The second-order valence-corrected chi connectivity index (χ2v) is 0.346. The van der Waals surface area contributed by atoms with E-state index in [1.54, 1.807) is 0 Å². The van der Waals surface area contributed by atoms with Crippen LogP contribution < -0.4 is 0 Å². The van der Waals surface area contributed by atoms with Crippen molar-refractivity contribution >= 4 is 24.7 Å². The van der Waals surface area contributed by atoms with Crippen LogP contribution in [0.4, 0.5) is 0 Å². The first-order valence-corrected chi connectivity index (χ1v) is 0.775. The maximum Gasteiger partial charge on any atom is 0.631 e. The molecular weight excluding hydrogens is 365 g/mol. The molecule has 0 aliphatic heterocycles. The third kappa shape index (κ3) is 48.4. The van der Waals surface area contributed by atoms with Gasteiger partial charge in [-0.05, 0) is 0 Å². The predicted octanol–water partition coefficient (Wildman–Crippen LogP) is -3.24. The van der Waals surface area contributed by atoms with Gasteiger partial charge in [0.25, 0.3) is 0 Å². The fourth-order valence-corrected chi connectivity index (χ4v) is 0. The van der Waals surface area contributed by atoms with Crippen LogP contribution in [0.25, 0.3) is 0 Å². The van der Waals surface area contributed by atoms with Gasteiger partial charge in [-0.3, -0.25) is 0 Å². The first kappa shape index (κ1) is 22.5. The van der Waals surface area contributed by atoms with E-state index in [1.807, 2.05) is 0 Å². The standard InChI is InChI=1S/Al.BH3O3.Ce.La.3H/c;2-1(3)4;;;;;/h;2-4H;;;;;. The minimum absolute atomic E-state index is 0. The molecule has 0 unspecified atom stereocenters. The molecule has 0 aromatic carbocycles. The molecule has 1 radical (unpaired) electrons. The molecule has 0 aliphatic rings. The molecule has 7 heteroatoms. The molecule has 0 bridgehead atoms. The normalized spacial score (nSPS) is 3.86. The van der Waals surface area contributed by atoms with Crippen molar-refractivity contribution in [1.29, 1.82) is 0 Å². The summed E-state index contributed by atoms with van der Waals surface area (Å²) in [5.41, 5.74) is 0. The molecule has 0 spiro atoms. The molecule has 3 nitrogen and oxygen atoms in total. The molecular formula is H6AlBCeLaO3. The Balaban J connectivity index is -0.0000000150. The summed E-state index contributed by atoms with van der Waals surface area (Å²) < 4.78 is 0. The van der Waals surface area contributed by atoms with Crippen LogP contribution in [0.1, 0.15) is 0 Å². The smallest absolute Gasteiger partial charge is 0.402 e. The number of hydrogen-bond donors (Lipinski definition) is 3. The van der Waals surface area contributed by atoms with Gasteiger partial charge in [0.2, 0.25) is 0 Å². The third-order valence-electron chi connectivity index (χ3n) is 0. The molecule has 0 saturated heterocycles. The van der Waals surface area contributed by atoms with Crippen LogP contribution in [0.5, 0.6) is 0 Å². The van der Waals surface area contributed by atoms with Gasteiger partial charge in [0.05, 0.1) is 0 Å². The Morgan fingerprint density at radius 1 is 1.00 bits per heavy atom. The van der Waals surface area contributed by atoms with E-state index in [0.717, 1.165) is 0 Å². The molecule has 0 saturated carbocycles. The molecule has 0 heterocycles. The minimum atomic E-state index is -2.17. The van der Waals surface area contributed by atoms with Crippen molar-refractivity contribution in [3.63, 3.8) is 0 Å². The van der Waals surface area contributed by atoms with Gasteiger partial charge in [0.1, 0.15) is 0 Å². The maximum atomic E-state index is 7.17. The van der Waals surface area contributed by atoms with Gasteiger partial charge >= 0.3 is 7.32 Å². The van der Waals surface area contributed by atoms with Crippen LogP contribution in [0.3, 0.4) is 0 Å². The third-order valence-corrected chi connectivity index (χ3v) is 0. The summed E-state index contributed by atoms with van der Waals surface area (Å²) in [6.07, 6.45) is 0. The van der Waals surface area contributed by atoms with Crippen LogP contribution in [-0.4, -0.2) is 39.8 Å². The molecule has 0 atom stereocenters. The van der Waals surface area contributed by atoms with Gasteiger partial charge < -0.3 is 15.1 Å². The number of rotatable bonds is 0. The van der Waals surface area contributed by atoms with Crippen LogP contribution in [0.15, 0.2) is 0 Å². The van der Waals surface area contributed by atoms with Gasteiger partial charge in [-0.1, -0.05) is 0 Å². The second-order valence-electron chi connectivity index (χ2n) is 0.346. The average Bonchev–Trinajstić information content (AvgIpc) is 0.811. The molecule has 7 heavy (non-hydrogen) atoms. The van der Waals surface area contributed by atoms with Gasteiger partial charge in [0, 0.05) is 77.3 Å². The molecule has 3 N–H and O–H groups in total. The van der Waals surface area contributed by atoms with Crippen molar-refractivity contribution in [2.24, 2.45) is 0 Å². The maximum absolute atomic E-state index is 7.17. The van der Waals surface area contributed by atoms with E-state index in [2.05, 4.69) is 0 Å². The average molecular weight is 371 g/mol. The molecule has 0 aromatic rings. The van der Waals surface area contributed by atoms with E-state index >= 15 is 0 Å². The van der Waals surface area contributed by atoms with Crippen molar-refractivity contribution in [2.45, 2.75) is 0 Å². The summed E-state index contributed by atoms with van der Waals surface area (Å²) in [6, 6.07) is 0. The van der Waals surface area contributed by atoms with Crippen LogP contribution >= 0.6 is 0 Å². The fraction of sp³-hybridized carbons (Fsp3) is 0. The first-order valence-electron chi connectivity index (χ1n) is 0.775. The summed E-state index contributed by atoms with van der Waals surface area (Å²) in [5.74, 6) is 0. The van der Waals surface area contributed by atoms with Gasteiger partial charge in [0.15, 0.2) is 17.4 Å². The van der Waals surface area contributed by atoms with Gasteiger partial charge in [-0.25, -0.2) is 0 Å². The molecule has 0 aliphatic carbocycles. The number of hydrogen-bond acceptors (Lipinski definition) is 3. The summed E-state index contributed by atoms with van der Waals surface area (Å²) in [4.78, 5) is 0. The summed E-state index contributed by atoms with van der Waals surface area (Å²) in [5, 5.41) is 21.5. The van der Waals surface area contributed by atoms with E-state index < -0.39 is 7.32 Å². The van der Waals surface area contributed by atoms with Crippen molar-refractivity contribution in [3.8, 4) is 0 Å². The predicted molar refractivity (Wildman–Crippen MR) is 22.3 cm³/mol. The Bertz CT molecular complexity index is 19.7. The molecule has 37 valence electrons. The van der Waals surface area contributed by atoms with Crippen LogP contribution in [0.2, 0.25) is 0 Å². The van der Waals surface area contributed by atoms with Crippen LogP contribution in [-0.2, 0) is 0 Å². The molecule has 0 fully saturated rings. The van der Waals surface area contributed by atoms with E-state index in [0.29, 0.717) is 0 Å². The summed E-state index contributed by atoms with van der Waals surface area (Å²) in [6.45, 7) is 0. The Labute approximate surface area is 115 Å².